The minimum Gasteiger partial charge on any atom is -0.387 e. The van der Waals surface area contributed by atoms with E-state index in [2.05, 4.69) is 39.4 Å². The van der Waals surface area contributed by atoms with Crippen LogP contribution in [0, 0.1) is 0 Å². The molecule has 1 aromatic heterocycles. The van der Waals surface area contributed by atoms with Gasteiger partial charge in [0.25, 0.3) is 0 Å². The highest BCUT2D eigenvalue weighted by atomic mass is 127. The van der Waals surface area contributed by atoms with E-state index in [4.69, 9.17) is 11.6 Å². The number of aliphatic hydroxyl groups is 1. The third-order valence-corrected chi connectivity index (χ3v) is 4.65. The average molecular weight is 494 g/mol. The first-order valence-electron chi connectivity index (χ1n) is 8.08. The number of aliphatic imine (C=N–C) groups is 1. The van der Waals surface area contributed by atoms with E-state index in [0.29, 0.717) is 30.0 Å². The Morgan fingerprint density at radius 3 is 2.52 bits per heavy atom. The SMILES string of the molecule is CCNC(=NCC(C)c1ccsc1)NCC(O)c1ccc(Cl)cc1.I. The Kier molecular flexibility index (Phi) is 10.4. The van der Waals surface area contributed by atoms with E-state index in [1.807, 2.05) is 19.1 Å². The van der Waals surface area contributed by atoms with Crippen molar-refractivity contribution in [3.63, 3.8) is 0 Å². The zero-order valence-electron chi connectivity index (χ0n) is 14.4. The van der Waals surface area contributed by atoms with Gasteiger partial charge in [0.2, 0.25) is 0 Å². The maximum absolute atomic E-state index is 10.3. The summed E-state index contributed by atoms with van der Waals surface area (Å²) in [6.07, 6.45) is -0.611. The number of hydrogen-bond donors (Lipinski definition) is 3. The Labute approximate surface area is 175 Å². The quantitative estimate of drug-likeness (QED) is 0.304. The molecule has 4 nitrogen and oxygen atoms in total. The zero-order valence-corrected chi connectivity index (χ0v) is 18.3. The molecule has 0 saturated heterocycles. The fourth-order valence-electron chi connectivity index (χ4n) is 2.23. The molecule has 2 unspecified atom stereocenters. The molecule has 0 radical (unpaired) electrons. The fraction of sp³-hybridized carbons (Fsp3) is 0.389. The van der Waals surface area contributed by atoms with Gasteiger partial charge in [-0.15, -0.1) is 24.0 Å². The highest BCUT2D eigenvalue weighted by Crippen LogP contribution is 2.18. The summed E-state index contributed by atoms with van der Waals surface area (Å²) >= 11 is 7.58. The molecule has 0 spiro atoms. The van der Waals surface area contributed by atoms with Crippen LogP contribution in [0.5, 0.6) is 0 Å². The second-order valence-corrected chi connectivity index (χ2v) is 6.84. The van der Waals surface area contributed by atoms with E-state index in [9.17, 15) is 5.11 Å². The number of nitrogens with one attached hydrogen (secondary N) is 2. The normalized spacial score (nSPS) is 13.7. The molecule has 0 saturated carbocycles. The number of aliphatic hydroxyl groups excluding tert-OH is 1. The summed E-state index contributed by atoms with van der Waals surface area (Å²) in [5, 5.41) is 21.6. The Balaban J connectivity index is 0.00000312. The molecule has 0 aliphatic rings. The maximum atomic E-state index is 10.3. The first-order chi connectivity index (χ1) is 11.6. The molecule has 1 heterocycles. The van der Waals surface area contributed by atoms with Crippen LogP contribution in [0.4, 0.5) is 0 Å². The largest absolute Gasteiger partial charge is 0.387 e. The van der Waals surface area contributed by atoms with Crippen molar-refractivity contribution in [3.8, 4) is 0 Å². The average Bonchev–Trinajstić information content (AvgIpc) is 3.12. The van der Waals surface area contributed by atoms with E-state index in [0.717, 1.165) is 12.1 Å². The van der Waals surface area contributed by atoms with Gasteiger partial charge in [0.15, 0.2) is 5.96 Å². The van der Waals surface area contributed by atoms with Crippen molar-refractivity contribution >= 4 is 52.9 Å². The van der Waals surface area contributed by atoms with Crippen molar-refractivity contribution in [1.82, 2.24) is 10.6 Å². The van der Waals surface area contributed by atoms with Crippen molar-refractivity contribution in [2.24, 2.45) is 4.99 Å². The third kappa shape index (κ3) is 7.52. The summed E-state index contributed by atoms with van der Waals surface area (Å²) in [6, 6.07) is 9.36. The maximum Gasteiger partial charge on any atom is 0.191 e. The van der Waals surface area contributed by atoms with Gasteiger partial charge in [0.1, 0.15) is 0 Å². The van der Waals surface area contributed by atoms with Gasteiger partial charge in [-0.05, 0) is 47.0 Å². The van der Waals surface area contributed by atoms with Crippen molar-refractivity contribution in [1.29, 1.82) is 0 Å². The van der Waals surface area contributed by atoms with Gasteiger partial charge in [-0.2, -0.15) is 11.3 Å². The topological polar surface area (TPSA) is 56.7 Å². The van der Waals surface area contributed by atoms with E-state index in [1.165, 1.54) is 5.56 Å². The smallest absolute Gasteiger partial charge is 0.191 e. The number of thiophene rings is 1. The summed E-state index contributed by atoms with van der Waals surface area (Å²) in [5.41, 5.74) is 2.13. The number of benzene rings is 1. The predicted octanol–water partition coefficient (Wildman–Crippen LogP) is 4.41. The lowest BCUT2D eigenvalue weighted by atomic mass is 10.1. The van der Waals surface area contributed by atoms with Crippen LogP contribution in [0.3, 0.4) is 0 Å². The van der Waals surface area contributed by atoms with E-state index >= 15 is 0 Å². The summed E-state index contributed by atoms with van der Waals surface area (Å²) in [7, 11) is 0. The Morgan fingerprint density at radius 2 is 1.92 bits per heavy atom. The summed E-state index contributed by atoms with van der Waals surface area (Å²) < 4.78 is 0. The standard InChI is InChI=1S/C18H24ClN3OS.HI/c1-3-20-18(21-10-13(2)15-8-9-24-12-15)22-11-17(23)14-4-6-16(19)7-5-14;/h4-9,12-13,17,23H,3,10-11H2,1-2H3,(H2,20,21,22);1H. The molecule has 2 aromatic rings. The summed E-state index contributed by atoms with van der Waals surface area (Å²) in [4.78, 5) is 4.62. The third-order valence-electron chi connectivity index (χ3n) is 3.70. The molecule has 0 fully saturated rings. The van der Waals surface area contributed by atoms with Gasteiger partial charge in [0, 0.05) is 30.6 Å². The van der Waals surface area contributed by atoms with Crippen LogP contribution < -0.4 is 10.6 Å². The van der Waals surface area contributed by atoms with Crippen LogP contribution in [0.2, 0.25) is 5.02 Å². The molecule has 25 heavy (non-hydrogen) atoms. The van der Waals surface area contributed by atoms with E-state index < -0.39 is 6.10 Å². The van der Waals surface area contributed by atoms with Gasteiger partial charge < -0.3 is 15.7 Å². The fourth-order valence-corrected chi connectivity index (χ4v) is 3.14. The van der Waals surface area contributed by atoms with E-state index in [-0.39, 0.29) is 24.0 Å². The first-order valence-corrected chi connectivity index (χ1v) is 9.40. The van der Waals surface area contributed by atoms with Crippen molar-refractivity contribution in [3.05, 3.63) is 57.2 Å². The van der Waals surface area contributed by atoms with Crippen LogP contribution in [0.15, 0.2) is 46.1 Å². The zero-order chi connectivity index (χ0) is 17.4. The molecule has 0 aliphatic carbocycles. The highest BCUT2D eigenvalue weighted by Gasteiger charge is 2.09. The van der Waals surface area contributed by atoms with Crippen LogP contribution in [0.1, 0.15) is 37.0 Å². The predicted molar refractivity (Wildman–Crippen MR) is 119 cm³/mol. The lowest BCUT2D eigenvalue weighted by Gasteiger charge is -2.16. The molecule has 2 atom stereocenters. The van der Waals surface area contributed by atoms with Crippen LogP contribution in [-0.4, -0.2) is 30.7 Å². The van der Waals surface area contributed by atoms with Crippen LogP contribution >= 0.6 is 46.9 Å². The lowest BCUT2D eigenvalue weighted by molar-refractivity contribution is 0.181. The van der Waals surface area contributed by atoms with Crippen molar-refractivity contribution in [2.75, 3.05) is 19.6 Å². The second-order valence-electron chi connectivity index (χ2n) is 5.63. The minimum absolute atomic E-state index is 0. The first kappa shape index (κ1) is 22.2. The Hall–Kier alpha value is -0.830. The minimum atomic E-state index is -0.611. The van der Waals surface area contributed by atoms with Gasteiger partial charge in [-0.1, -0.05) is 30.7 Å². The number of hydrogen-bond acceptors (Lipinski definition) is 3. The van der Waals surface area contributed by atoms with Gasteiger partial charge in [-0.25, -0.2) is 0 Å². The molecule has 138 valence electrons. The Morgan fingerprint density at radius 1 is 1.20 bits per heavy atom. The Bertz CT molecular complexity index is 634. The number of rotatable bonds is 7. The molecular weight excluding hydrogens is 469 g/mol. The molecular formula is C18H25ClIN3OS. The molecule has 0 bridgehead atoms. The van der Waals surface area contributed by atoms with E-state index in [1.54, 1.807) is 23.5 Å². The molecule has 2 rings (SSSR count). The van der Waals surface area contributed by atoms with Crippen LogP contribution in [-0.2, 0) is 0 Å². The monoisotopic (exact) mass is 493 g/mol. The number of guanidine groups is 1. The number of halogens is 2. The molecule has 0 aliphatic heterocycles. The molecule has 0 amide bonds. The summed E-state index contributed by atoms with van der Waals surface area (Å²) in [5.74, 6) is 1.08. The van der Waals surface area contributed by atoms with Crippen molar-refractivity contribution in [2.45, 2.75) is 25.9 Å². The molecule has 3 N–H and O–H groups in total. The van der Waals surface area contributed by atoms with Gasteiger partial charge in [-0.3, -0.25) is 4.99 Å². The van der Waals surface area contributed by atoms with Gasteiger partial charge >= 0.3 is 0 Å². The molecule has 1 aromatic carbocycles. The summed E-state index contributed by atoms with van der Waals surface area (Å²) in [6.45, 7) is 6.05. The lowest BCUT2D eigenvalue weighted by Crippen LogP contribution is -2.39. The van der Waals surface area contributed by atoms with Crippen molar-refractivity contribution < 1.29 is 5.11 Å². The second kappa shape index (κ2) is 11.7. The highest BCUT2D eigenvalue weighted by molar-refractivity contribution is 14.0. The molecule has 7 heteroatoms. The van der Waals surface area contributed by atoms with Crippen LogP contribution in [0.25, 0.3) is 0 Å². The van der Waals surface area contributed by atoms with Gasteiger partial charge in [0.05, 0.1) is 6.10 Å². The number of nitrogens with zero attached hydrogens (tertiary/aromatic N) is 1.